The van der Waals surface area contributed by atoms with Gasteiger partial charge in [-0.3, -0.25) is 0 Å². The van der Waals surface area contributed by atoms with E-state index in [-0.39, 0.29) is 0 Å². The predicted molar refractivity (Wildman–Crippen MR) is 82.0 cm³/mol. The molecule has 0 aromatic heterocycles. The molecule has 1 nitrogen and oxygen atoms in total. The highest BCUT2D eigenvalue weighted by Gasteiger charge is 2.24. The van der Waals surface area contributed by atoms with Crippen LogP contribution in [0.25, 0.3) is 0 Å². The van der Waals surface area contributed by atoms with Crippen molar-refractivity contribution in [2.45, 2.75) is 12.0 Å². The van der Waals surface area contributed by atoms with Gasteiger partial charge in [-0.05, 0) is 23.8 Å². The number of benzene rings is 2. The van der Waals surface area contributed by atoms with E-state index in [0.29, 0.717) is 6.42 Å². The largest absolute Gasteiger partial charge is 0.379 e. The molecule has 0 saturated heterocycles. The Bertz CT molecular complexity index is 655. The van der Waals surface area contributed by atoms with Crippen LogP contribution in [-0.4, -0.2) is 5.11 Å². The topological polar surface area (TPSA) is 20.2 Å². The first-order chi connectivity index (χ1) is 9.74. The molecule has 0 bridgehead atoms. The lowest BCUT2D eigenvalue weighted by atomic mass is 9.90. The van der Waals surface area contributed by atoms with Gasteiger partial charge in [0, 0.05) is 12.0 Å². The van der Waals surface area contributed by atoms with E-state index in [1.54, 1.807) is 6.08 Å². The maximum atomic E-state index is 10.7. The summed E-state index contributed by atoms with van der Waals surface area (Å²) in [6.45, 7) is 3.55. The van der Waals surface area contributed by atoms with Crippen LogP contribution < -0.4 is 0 Å². The van der Waals surface area contributed by atoms with Crippen LogP contribution in [0.3, 0.4) is 0 Å². The van der Waals surface area contributed by atoms with E-state index in [1.807, 2.05) is 60.7 Å². The molecule has 0 amide bonds. The van der Waals surface area contributed by atoms with E-state index in [4.69, 9.17) is 0 Å². The molecule has 2 aromatic carbocycles. The van der Waals surface area contributed by atoms with Gasteiger partial charge in [-0.2, -0.15) is 0 Å². The summed E-state index contributed by atoms with van der Waals surface area (Å²) in [5, 5.41) is 10.7. The normalized spacial score (nSPS) is 12.4. The number of aliphatic hydroxyl groups is 1. The van der Waals surface area contributed by atoms with Crippen molar-refractivity contribution in [2.24, 2.45) is 0 Å². The summed E-state index contributed by atoms with van der Waals surface area (Å²) in [7, 11) is 0. The van der Waals surface area contributed by atoms with E-state index in [2.05, 4.69) is 24.2 Å². The summed E-state index contributed by atoms with van der Waals surface area (Å²) in [4.78, 5) is 0. The third-order valence-electron chi connectivity index (χ3n) is 2.98. The van der Waals surface area contributed by atoms with Gasteiger partial charge < -0.3 is 5.11 Å². The van der Waals surface area contributed by atoms with Gasteiger partial charge in [0.2, 0.25) is 0 Å². The van der Waals surface area contributed by atoms with Gasteiger partial charge in [0.15, 0.2) is 0 Å². The summed E-state index contributed by atoms with van der Waals surface area (Å²) in [5.74, 6) is 6.08. The average molecular weight is 260 g/mol. The zero-order valence-electron chi connectivity index (χ0n) is 11.2. The molecule has 1 atom stereocenters. The summed E-state index contributed by atoms with van der Waals surface area (Å²) >= 11 is 0. The second kappa shape index (κ2) is 6.59. The van der Waals surface area contributed by atoms with Crippen molar-refractivity contribution in [2.75, 3.05) is 0 Å². The van der Waals surface area contributed by atoms with Crippen molar-refractivity contribution in [3.63, 3.8) is 0 Å². The molecule has 2 rings (SSSR count). The van der Waals surface area contributed by atoms with Gasteiger partial charge in [0.1, 0.15) is 5.60 Å². The lowest BCUT2D eigenvalue weighted by molar-refractivity contribution is 0.0955. The standard InChI is InChI=1S/C19H16O/c1-2-15-19(20,18-13-7-4-8-14-18)16-9-12-17-10-5-3-6-11-17/h3-8,10-11,13-15,20H,1,16H2. The quantitative estimate of drug-likeness (QED) is 0.659. The molecular formula is C19H16O. The highest BCUT2D eigenvalue weighted by atomic mass is 16.3. The second-order valence-electron chi connectivity index (χ2n) is 4.48. The first-order valence-corrected chi connectivity index (χ1v) is 6.43. The molecule has 0 heterocycles. The van der Waals surface area contributed by atoms with E-state index in [0.717, 1.165) is 11.1 Å². The maximum absolute atomic E-state index is 10.7. The Kier molecular flexibility index (Phi) is 4.58. The third-order valence-corrected chi connectivity index (χ3v) is 2.98. The van der Waals surface area contributed by atoms with Gasteiger partial charge in [-0.25, -0.2) is 0 Å². The lowest BCUT2D eigenvalue weighted by Gasteiger charge is -2.21. The summed E-state index contributed by atoms with van der Waals surface area (Å²) in [5.41, 5.74) is 3.24. The van der Waals surface area contributed by atoms with Crippen LogP contribution in [0.15, 0.2) is 79.0 Å². The molecule has 0 aliphatic carbocycles. The maximum Gasteiger partial charge on any atom is 0.126 e. The van der Waals surface area contributed by atoms with Crippen molar-refractivity contribution >= 4 is 0 Å². The van der Waals surface area contributed by atoms with Crippen molar-refractivity contribution < 1.29 is 5.11 Å². The van der Waals surface area contributed by atoms with Crippen LogP contribution in [0.2, 0.25) is 0 Å². The van der Waals surface area contributed by atoms with Crippen molar-refractivity contribution in [3.8, 4) is 11.8 Å². The first-order valence-electron chi connectivity index (χ1n) is 6.43. The molecule has 0 aliphatic rings. The van der Waals surface area contributed by atoms with E-state index in [1.165, 1.54) is 0 Å². The van der Waals surface area contributed by atoms with Gasteiger partial charge in [0.05, 0.1) is 0 Å². The molecule has 1 N–H and O–H groups in total. The molecule has 1 heteroatoms. The first kappa shape index (κ1) is 13.9. The second-order valence-corrected chi connectivity index (χ2v) is 4.48. The molecule has 2 aromatic rings. The molecule has 0 aliphatic heterocycles. The van der Waals surface area contributed by atoms with Crippen molar-refractivity contribution in [3.05, 3.63) is 90.2 Å². The Morgan fingerprint density at radius 1 is 1.00 bits per heavy atom. The molecule has 98 valence electrons. The molecule has 0 radical (unpaired) electrons. The van der Waals surface area contributed by atoms with Crippen molar-refractivity contribution in [1.29, 1.82) is 0 Å². The summed E-state index contributed by atoms with van der Waals surface area (Å²) < 4.78 is 0. The molecule has 0 fully saturated rings. The number of rotatable bonds is 3. The van der Waals surface area contributed by atoms with Crippen LogP contribution in [0, 0.1) is 11.8 Å². The van der Waals surface area contributed by atoms with Crippen LogP contribution in [0.5, 0.6) is 0 Å². The monoisotopic (exact) mass is 260 g/mol. The van der Waals surface area contributed by atoms with Crippen molar-refractivity contribution in [1.82, 2.24) is 0 Å². The predicted octanol–water partition coefficient (Wildman–Crippen LogP) is 3.66. The Balaban J connectivity index is 2.23. The van der Waals surface area contributed by atoms with E-state index in [9.17, 15) is 5.11 Å². The van der Waals surface area contributed by atoms with E-state index < -0.39 is 5.60 Å². The fraction of sp³-hybridized carbons (Fsp3) is 0.105. The molecule has 0 saturated carbocycles. The minimum absolute atomic E-state index is 0.300. The van der Waals surface area contributed by atoms with E-state index >= 15 is 0 Å². The SMILES string of the molecule is C=C=CC(O)(CC#Cc1ccccc1)c1ccccc1. The van der Waals surface area contributed by atoms with Crippen LogP contribution >= 0.6 is 0 Å². The Labute approximate surface area is 119 Å². The molecule has 20 heavy (non-hydrogen) atoms. The fourth-order valence-corrected chi connectivity index (χ4v) is 1.93. The Morgan fingerprint density at radius 2 is 1.60 bits per heavy atom. The number of hydrogen-bond donors (Lipinski definition) is 1. The minimum Gasteiger partial charge on any atom is -0.379 e. The highest BCUT2D eigenvalue weighted by Crippen LogP contribution is 2.25. The highest BCUT2D eigenvalue weighted by molar-refractivity contribution is 5.36. The average Bonchev–Trinajstić information content (AvgIpc) is 2.49. The zero-order valence-corrected chi connectivity index (χ0v) is 11.2. The summed E-state index contributed by atoms with van der Waals surface area (Å²) in [6.07, 6.45) is 1.86. The zero-order chi connectivity index (χ0) is 14.3. The molecule has 1 unspecified atom stereocenters. The van der Waals surface area contributed by atoms with Gasteiger partial charge in [0.25, 0.3) is 0 Å². The third kappa shape index (κ3) is 3.49. The van der Waals surface area contributed by atoms with Crippen LogP contribution in [0.4, 0.5) is 0 Å². The minimum atomic E-state index is -1.15. The lowest BCUT2D eigenvalue weighted by Crippen LogP contribution is -2.21. The fourth-order valence-electron chi connectivity index (χ4n) is 1.93. The Hall–Kier alpha value is -2.52. The number of hydrogen-bond acceptors (Lipinski definition) is 1. The molecule has 0 spiro atoms. The van der Waals surface area contributed by atoms with Gasteiger partial charge >= 0.3 is 0 Å². The van der Waals surface area contributed by atoms with Gasteiger partial charge in [-0.15, -0.1) is 5.73 Å². The van der Waals surface area contributed by atoms with Gasteiger partial charge in [-0.1, -0.05) is 67.0 Å². The Morgan fingerprint density at radius 3 is 2.20 bits per heavy atom. The smallest absolute Gasteiger partial charge is 0.126 e. The van der Waals surface area contributed by atoms with Crippen LogP contribution in [0.1, 0.15) is 17.5 Å². The summed E-state index contributed by atoms with van der Waals surface area (Å²) in [6, 6.07) is 19.2. The van der Waals surface area contributed by atoms with Crippen LogP contribution in [-0.2, 0) is 5.60 Å². The molecular weight excluding hydrogens is 244 g/mol.